The molecule has 12 nitrogen and oxygen atoms in total. The Morgan fingerprint density at radius 2 is 1.63 bits per heavy atom. The van der Waals surface area contributed by atoms with Gasteiger partial charge in [-0.15, -0.1) is 5.10 Å². The highest BCUT2D eigenvalue weighted by Crippen LogP contribution is 2.55. The van der Waals surface area contributed by atoms with Crippen molar-refractivity contribution in [2.75, 3.05) is 34.7 Å². The molecule has 1 saturated heterocycles. The Morgan fingerprint density at radius 1 is 0.930 bits per heavy atom. The molecule has 4 atom stereocenters. The van der Waals surface area contributed by atoms with Crippen LogP contribution in [0.2, 0.25) is 0 Å². The zero-order valence-electron chi connectivity index (χ0n) is 23.6. The molecule has 7 rings (SSSR count). The van der Waals surface area contributed by atoms with Crippen LogP contribution in [-0.2, 0) is 9.53 Å². The summed E-state index contributed by atoms with van der Waals surface area (Å²) in [4.78, 5) is 27.0. The van der Waals surface area contributed by atoms with Crippen molar-refractivity contribution in [1.82, 2.24) is 20.3 Å². The standard InChI is InChI=1S/C31H28N4O8/c1-38-24-9-16(10-25(39-2)29(24)40-3)26-18-11-22-23(43-15-42-22)12-19(18)28(20-14-41-31(37)27(20)26)32-30(36)21-13-35(34-33-21)17-7-5-4-6-8-17/h4-13,20,26-28H,14-15H2,1-3H3,(H,32,36)/t20-,26+,27-,28-/m0/s1. The van der Waals surface area contributed by atoms with Crippen LogP contribution < -0.4 is 29.0 Å². The van der Waals surface area contributed by atoms with Crippen LogP contribution >= 0.6 is 0 Å². The Kier molecular flexibility index (Phi) is 6.52. The smallest absolute Gasteiger partial charge is 0.310 e. The molecule has 0 unspecified atom stereocenters. The Bertz CT molecular complexity index is 1700. The number of methoxy groups -OCH3 is 3. The Labute approximate surface area is 246 Å². The monoisotopic (exact) mass is 584 g/mol. The molecule has 2 aliphatic heterocycles. The SMILES string of the molecule is COc1cc([C@@H]2c3cc4c(cc3[C@H](NC(=O)c3cn(-c5ccccc5)nn3)[C@H]3COC(=O)[C@H]23)OCO4)cc(OC)c1OC. The summed E-state index contributed by atoms with van der Waals surface area (Å²) in [5, 5.41) is 11.4. The van der Waals surface area contributed by atoms with Crippen molar-refractivity contribution in [3.05, 3.63) is 83.2 Å². The third-order valence-corrected chi connectivity index (χ3v) is 8.27. The molecular weight excluding hydrogens is 556 g/mol. The maximum atomic E-state index is 13.6. The van der Waals surface area contributed by atoms with Crippen molar-refractivity contribution in [3.63, 3.8) is 0 Å². The van der Waals surface area contributed by atoms with Gasteiger partial charge in [-0.1, -0.05) is 23.4 Å². The summed E-state index contributed by atoms with van der Waals surface area (Å²) in [5.74, 6) is 0.190. The van der Waals surface area contributed by atoms with E-state index in [0.717, 1.165) is 22.4 Å². The minimum atomic E-state index is -0.624. The van der Waals surface area contributed by atoms with Crippen LogP contribution in [0.5, 0.6) is 28.7 Å². The topological polar surface area (TPSA) is 132 Å². The summed E-state index contributed by atoms with van der Waals surface area (Å²) in [7, 11) is 4.62. The molecule has 0 spiro atoms. The number of hydrogen-bond donors (Lipinski definition) is 1. The first-order chi connectivity index (χ1) is 21.0. The van der Waals surface area contributed by atoms with Crippen LogP contribution in [0.25, 0.3) is 5.69 Å². The van der Waals surface area contributed by atoms with E-state index in [4.69, 9.17) is 28.4 Å². The fourth-order valence-electron chi connectivity index (χ4n) is 6.32. The number of fused-ring (bicyclic) bond motifs is 3. The third kappa shape index (κ3) is 4.37. The second-order valence-electron chi connectivity index (χ2n) is 10.4. The van der Waals surface area contributed by atoms with Crippen molar-refractivity contribution in [1.29, 1.82) is 0 Å². The lowest BCUT2D eigenvalue weighted by Crippen LogP contribution is -2.43. The number of amides is 1. The van der Waals surface area contributed by atoms with E-state index in [1.54, 1.807) is 20.4 Å². The second kappa shape index (κ2) is 10.5. The highest BCUT2D eigenvalue weighted by atomic mass is 16.7. The van der Waals surface area contributed by atoms with Gasteiger partial charge in [-0.3, -0.25) is 9.59 Å². The first-order valence-corrected chi connectivity index (χ1v) is 13.7. The first-order valence-electron chi connectivity index (χ1n) is 13.7. The predicted molar refractivity (Wildman–Crippen MR) is 150 cm³/mol. The molecule has 0 bridgehead atoms. The van der Waals surface area contributed by atoms with Crippen molar-refractivity contribution < 1.29 is 38.0 Å². The summed E-state index contributed by atoms with van der Waals surface area (Å²) in [6, 6.07) is 16.2. The lowest BCUT2D eigenvalue weighted by molar-refractivity contribution is -0.141. The molecule has 1 N–H and O–H groups in total. The Morgan fingerprint density at radius 3 is 2.30 bits per heavy atom. The average Bonchev–Trinajstić information content (AvgIpc) is 3.80. The van der Waals surface area contributed by atoms with Gasteiger partial charge in [-0.25, -0.2) is 4.68 Å². The maximum Gasteiger partial charge on any atom is 0.310 e. The fraction of sp³-hybridized carbons (Fsp3) is 0.290. The van der Waals surface area contributed by atoms with Crippen molar-refractivity contribution in [2.24, 2.45) is 11.8 Å². The average molecular weight is 585 g/mol. The molecule has 1 aromatic heterocycles. The molecule has 3 heterocycles. The Hall–Kier alpha value is -5.26. The van der Waals surface area contributed by atoms with Crippen molar-refractivity contribution in [2.45, 2.75) is 12.0 Å². The highest BCUT2D eigenvalue weighted by Gasteiger charge is 2.53. The lowest BCUT2D eigenvalue weighted by Gasteiger charge is -2.39. The van der Waals surface area contributed by atoms with E-state index in [1.807, 2.05) is 54.6 Å². The molecule has 0 radical (unpaired) electrons. The molecule has 1 amide bonds. The molecule has 3 aromatic carbocycles. The predicted octanol–water partition coefficient (Wildman–Crippen LogP) is 3.43. The van der Waals surface area contributed by atoms with E-state index in [0.29, 0.717) is 28.7 Å². The number of ether oxygens (including phenoxy) is 6. The van der Waals surface area contributed by atoms with Crippen molar-refractivity contribution in [3.8, 4) is 34.4 Å². The van der Waals surface area contributed by atoms with E-state index < -0.39 is 29.7 Å². The Balaban J connectivity index is 1.33. The molecule has 220 valence electrons. The van der Waals surface area contributed by atoms with E-state index in [2.05, 4.69) is 15.6 Å². The lowest BCUT2D eigenvalue weighted by atomic mass is 9.65. The van der Waals surface area contributed by atoms with Gasteiger partial charge in [0.1, 0.15) is 0 Å². The van der Waals surface area contributed by atoms with Crippen LogP contribution in [-0.4, -0.2) is 61.6 Å². The van der Waals surface area contributed by atoms with Crippen LogP contribution in [0.4, 0.5) is 0 Å². The minimum Gasteiger partial charge on any atom is -0.493 e. The highest BCUT2D eigenvalue weighted by molar-refractivity contribution is 5.92. The first kappa shape index (κ1) is 26.6. The third-order valence-electron chi connectivity index (χ3n) is 8.27. The molecule has 43 heavy (non-hydrogen) atoms. The number of benzene rings is 3. The molecule has 0 saturated carbocycles. The van der Waals surface area contributed by atoms with Gasteiger partial charge in [-0.05, 0) is 53.1 Å². The summed E-state index contributed by atoms with van der Waals surface area (Å²) in [6.07, 6.45) is 1.57. The van der Waals surface area contributed by atoms with E-state index >= 15 is 0 Å². The van der Waals surface area contributed by atoms with Crippen LogP contribution in [0, 0.1) is 11.8 Å². The van der Waals surface area contributed by atoms with Crippen LogP contribution in [0.15, 0.2) is 60.8 Å². The summed E-state index contributed by atoms with van der Waals surface area (Å²) < 4.78 is 35.4. The summed E-state index contributed by atoms with van der Waals surface area (Å²) >= 11 is 0. The van der Waals surface area contributed by atoms with E-state index in [-0.39, 0.29) is 25.1 Å². The van der Waals surface area contributed by atoms with E-state index in [9.17, 15) is 9.59 Å². The van der Waals surface area contributed by atoms with Gasteiger partial charge in [0.05, 0.1) is 51.8 Å². The fourth-order valence-corrected chi connectivity index (χ4v) is 6.32. The maximum absolute atomic E-state index is 13.6. The number of nitrogens with zero attached hydrogens (tertiary/aromatic N) is 3. The van der Waals surface area contributed by atoms with E-state index in [1.165, 1.54) is 11.8 Å². The van der Waals surface area contributed by atoms with Gasteiger partial charge >= 0.3 is 5.97 Å². The van der Waals surface area contributed by atoms with Gasteiger partial charge in [0, 0.05) is 11.8 Å². The quantitative estimate of drug-likeness (QED) is 0.322. The van der Waals surface area contributed by atoms with Gasteiger partial charge in [0.25, 0.3) is 5.91 Å². The summed E-state index contributed by atoms with van der Waals surface area (Å²) in [5.41, 5.74) is 3.25. The zero-order valence-corrected chi connectivity index (χ0v) is 23.6. The van der Waals surface area contributed by atoms with Gasteiger partial charge in [0.2, 0.25) is 12.5 Å². The summed E-state index contributed by atoms with van der Waals surface area (Å²) in [6.45, 7) is 0.196. The number of cyclic esters (lactones) is 1. The van der Waals surface area contributed by atoms with Gasteiger partial charge in [0.15, 0.2) is 28.7 Å². The molecular formula is C31H28N4O8. The molecule has 4 aromatic rings. The number of nitrogens with one attached hydrogen (secondary N) is 1. The molecule has 3 aliphatic rings. The molecule has 12 heteroatoms. The minimum absolute atomic E-state index is 0.0710. The number of para-hydroxylation sites is 1. The number of rotatable bonds is 7. The molecule has 1 fully saturated rings. The normalized spacial score (nSPS) is 21.4. The largest absolute Gasteiger partial charge is 0.493 e. The molecule has 1 aliphatic carbocycles. The van der Waals surface area contributed by atoms with Crippen molar-refractivity contribution >= 4 is 11.9 Å². The second-order valence-corrected chi connectivity index (χ2v) is 10.4. The van der Waals surface area contributed by atoms with Crippen LogP contribution in [0.3, 0.4) is 0 Å². The number of hydrogen-bond acceptors (Lipinski definition) is 10. The van der Waals surface area contributed by atoms with Gasteiger partial charge in [-0.2, -0.15) is 0 Å². The number of esters is 1. The zero-order chi connectivity index (χ0) is 29.7. The number of aromatic nitrogens is 3. The van der Waals surface area contributed by atoms with Gasteiger partial charge < -0.3 is 33.7 Å². The van der Waals surface area contributed by atoms with Crippen LogP contribution in [0.1, 0.15) is 39.1 Å². The number of carbonyl (C=O) groups excluding carboxylic acids is 2. The number of carbonyl (C=O) groups is 2.